The first-order chi connectivity index (χ1) is 15.7. The molecule has 0 unspecified atom stereocenters. The number of rotatable bonds is 6. The van der Waals surface area contributed by atoms with Gasteiger partial charge in [0.15, 0.2) is 4.96 Å². The van der Waals surface area contributed by atoms with Gasteiger partial charge in [0, 0.05) is 55.1 Å². The fraction of sp³-hybridized carbons (Fsp3) is 0.250. The summed E-state index contributed by atoms with van der Waals surface area (Å²) < 4.78 is 13.9. The maximum atomic E-state index is 12.5. The minimum Gasteiger partial charge on any atom is -0.496 e. The molecule has 164 valence electrons. The zero-order valence-electron chi connectivity index (χ0n) is 17.7. The molecule has 1 aliphatic heterocycles. The molecular formula is C24H24N4O3S. The molecule has 0 aliphatic carbocycles. The van der Waals surface area contributed by atoms with Crippen molar-refractivity contribution in [3.8, 4) is 11.5 Å². The Morgan fingerprint density at radius 1 is 1.25 bits per heavy atom. The monoisotopic (exact) mass is 448 g/mol. The van der Waals surface area contributed by atoms with Gasteiger partial charge in [0.1, 0.15) is 23.3 Å². The number of hydrogen-bond acceptors (Lipinski definition) is 6. The SMILES string of the molecule is COc1ccccc1[C@@H]1CN(CCNC(=O)c2cn3ccsc3n2)Cc2ccccc2O1. The molecular weight excluding hydrogens is 424 g/mol. The number of aromatic nitrogens is 2. The number of para-hydroxylation sites is 2. The van der Waals surface area contributed by atoms with E-state index in [1.807, 2.05) is 58.4 Å². The van der Waals surface area contributed by atoms with Gasteiger partial charge in [-0.15, -0.1) is 11.3 Å². The standard InChI is InChI=1S/C24H24N4O3S/c1-30-21-9-5-3-7-18(21)22-16-27(14-17-6-2-4-8-20(17)31-22)11-10-25-23(29)19-15-28-12-13-32-24(28)26-19/h2-9,12-13,15,22H,10-11,14,16H2,1H3,(H,25,29)/t22-/m0/s1. The van der Waals surface area contributed by atoms with Crippen molar-refractivity contribution in [2.75, 3.05) is 26.7 Å². The number of benzene rings is 2. The highest BCUT2D eigenvalue weighted by Gasteiger charge is 2.26. The zero-order chi connectivity index (χ0) is 21.9. The minimum absolute atomic E-state index is 0.159. The molecule has 1 N–H and O–H groups in total. The number of thiazole rings is 1. The maximum Gasteiger partial charge on any atom is 0.271 e. The number of methoxy groups -OCH3 is 1. The average molecular weight is 449 g/mol. The number of nitrogens with one attached hydrogen (secondary N) is 1. The molecule has 2 aromatic heterocycles. The van der Waals surface area contributed by atoms with Crippen LogP contribution in [-0.4, -0.2) is 46.9 Å². The number of hydrogen-bond donors (Lipinski definition) is 1. The van der Waals surface area contributed by atoms with E-state index < -0.39 is 0 Å². The number of imidazole rings is 1. The molecule has 32 heavy (non-hydrogen) atoms. The van der Waals surface area contributed by atoms with E-state index in [0.29, 0.717) is 25.3 Å². The molecule has 4 aromatic rings. The van der Waals surface area contributed by atoms with Crippen LogP contribution in [0.2, 0.25) is 0 Å². The number of carbonyl (C=O) groups is 1. The molecule has 0 bridgehead atoms. The van der Waals surface area contributed by atoms with Gasteiger partial charge in [-0.05, 0) is 12.1 Å². The first-order valence-electron chi connectivity index (χ1n) is 10.5. The van der Waals surface area contributed by atoms with Gasteiger partial charge in [-0.3, -0.25) is 14.1 Å². The topological polar surface area (TPSA) is 68.1 Å². The molecule has 3 heterocycles. The van der Waals surface area contributed by atoms with Gasteiger partial charge in [0.05, 0.1) is 7.11 Å². The number of carbonyl (C=O) groups excluding carboxylic acids is 1. The van der Waals surface area contributed by atoms with Crippen molar-refractivity contribution in [3.05, 3.63) is 83.1 Å². The van der Waals surface area contributed by atoms with Crippen LogP contribution in [0.25, 0.3) is 4.96 Å². The Balaban J connectivity index is 1.30. The molecule has 8 heteroatoms. The van der Waals surface area contributed by atoms with Gasteiger partial charge in [-0.1, -0.05) is 36.4 Å². The Kier molecular flexibility index (Phi) is 5.79. The van der Waals surface area contributed by atoms with E-state index in [-0.39, 0.29) is 12.0 Å². The fourth-order valence-corrected chi connectivity index (χ4v) is 4.70. The summed E-state index contributed by atoms with van der Waals surface area (Å²) in [6.45, 7) is 2.64. The van der Waals surface area contributed by atoms with Crippen LogP contribution in [0, 0.1) is 0 Å². The highest BCUT2D eigenvalue weighted by molar-refractivity contribution is 7.15. The van der Waals surface area contributed by atoms with Gasteiger partial charge in [-0.2, -0.15) is 0 Å². The lowest BCUT2D eigenvalue weighted by molar-refractivity contribution is 0.0938. The molecule has 0 radical (unpaired) electrons. The van der Waals surface area contributed by atoms with Gasteiger partial charge in [0.2, 0.25) is 0 Å². The van der Waals surface area contributed by atoms with Gasteiger partial charge in [-0.25, -0.2) is 4.98 Å². The van der Waals surface area contributed by atoms with E-state index in [0.717, 1.165) is 34.1 Å². The molecule has 7 nitrogen and oxygen atoms in total. The van der Waals surface area contributed by atoms with Crippen LogP contribution in [-0.2, 0) is 6.54 Å². The highest BCUT2D eigenvalue weighted by Crippen LogP contribution is 2.34. The third-order valence-electron chi connectivity index (χ3n) is 5.59. The normalized spacial score (nSPS) is 16.2. The molecule has 1 aliphatic rings. The molecule has 0 spiro atoms. The first kappa shape index (κ1) is 20.5. The van der Waals surface area contributed by atoms with Crippen molar-refractivity contribution in [1.29, 1.82) is 0 Å². The van der Waals surface area contributed by atoms with E-state index in [1.165, 1.54) is 11.3 Å². The maximum absolute atomic E-state index is 12.5. The second-order valence-corrected chi connectivity index (χ2v) is 8.54. The van der Waals surface area contributed by atoms with Crippen LogP contribution >= 0.6 is 11.3 Å². The average Bonchev–Trinajstić information content (AvgIpc) is 3.37. The molecule has 2 aromatic carbocycles. The lowest BCUT2D eigenvalue weighted by atomic mass is 10.1. The minimum atomic E-state index is -0.176. The summed E-state index contributed by atoms with van der Waals surface area (Å²) in [5.74, 6) is 1.53. The predicted molar refractivity (Wildman–Crippen MR) is 123 cm³/mol. The van der Waals surface area contributed by atoms with Crippen molar-refractivity contribution >= 4 is 22.2 Å². The van der Waals surface area contributed by atoms with Crippen LogP contribution in [0.15, 0.2) is 66.3 Å². The second kappa shape index (κ2) is 9.02. The Morgan fingerprint density at radius 2 is 2.09 bits per heavy atom. The van der Waals surface area contributed by atoms with Crippen molar-refractivity contribution in [2.24, 2.45) is 0 Å². The summed E-state index contributed by atoms with van der Waals surface area (Å²) in [7, 11) is 1.68. The summed E-state index contributed by atoms with van der Waals surface area (Å²) in [5.41, 5.74) is 2.58. The Bertz CT molecular complexity index is 1210. The third kappa shape index (κ3) is 4.19. The number of amides is 1. The summed E-state index contributed by atoms with van der Waals surface area (Å²) in [6, 6.07) is 16.1. The van der Waals surface area contributed by atoms with Gasteiger partial charge < -0.3 is 14.8 Å². The smallest absolute Gasteiger partial charge is 0.271 e. The molecule has 1 atom stereocenters. The molecule has 1 amide bonds. The molecule has 0 fully saturated rings. The summed E-state index contributed by atoms with van der Waals surface area (Å²) in [6.07, 6.45) is 3.48. The number of fused-ring (bicyclic) bond motifs is 2. The van der Waals surface area contributed by atoms with E-state index in [2.05, 4.69) is 21.3 Å². The van der Waals surface area contributed by atoms with Gasteiger partial charge >= 0.3 is 0 Å². The molecule has 5 rings (SSSR count). The third-order valence-corrected chi connectivity index (χ3v) is 6.36. The van der Waals surface area contributed by atoms with Crippen molar-refractivity contribution < 1.29 is 14.3 Å². The van der Waals surface area contributed by atoms with E-state index in [9.17, 15) is 4.79 Å². The zero-order valence-corrected chi connectivity index (χ0v) is 18.5. The fourth-order valence-electron chi connectivity index (χ4n) is 4.00. The van der Waals surface area contributed by atoms with Gasteiger partial charge in [0.25, 0.3) is 5.91 Å². The Labute approximate surface area is 190 Å². The van der Waals surface area contributed by atoms with Crippen LogP contribution in [0.4, 0.5) is 0 Å². The summed E-state index contributed by atoms with van der Waals surface area (Å²) in [5, 5.41) is 4.95. The Hall–Kier alpha value is -3.36. The van der Waals surface area contributed by atoms with Crippen molar-refractivity contribution in [1.82, 2.24) is 19.6 Å². The van der Waals surface area contributed by atoms with Crippen LogP contribution in [0.3, 0.4) is 0 Å². The van der Waals surface area contributed by atoms with Crippen LogP contribution < -0.4 is 14.8 Å². The van der Waals surface area contributed by atoms with Crippen molar-refractivity contribution in [2.45, 2.75) is 12.6 Å². The summed E-state index contributed by atoms with van der Waals surface area (Å²) in [4.78, 5) is 20.0. The largest absolute Gasteiger partial charge is 0.496 e. The van der Waals surface area contributed by atoms with Crippen LogP contribution in [0.1, 0.15) is 27.7 Å². The molecule has 0 saturated carbocycles. The summed E-state index contributed by atoms with van der Waals surface area (Å²) >= 11 is 1.51. The lowest BCUT2D eigenvalue weighted by Crippen LogP contribution is -2.36. The number of nitrogens with zero attached hydrogens (tertiary/aromatic N) is 3. The Morgan fingerprint density at radius 3 is 2.97 bits per heavy atom. The van der Waals surface area contributed by atoms with Crippen LogP contribution in [0.5, 0.6) is 11.5 Å². The number of ether oxygens (including phenoxy) is 2. The van der Waals surface area contributed by atoms with E-state index in [4.69, 9.17) is 9.47 Å². The highest BCUT2D eigenvalue weighted by atomic mass is 32.1. The first-order valence-corrected chi connectivity index (χ1v) is 11.4. The second-order valence-electron chi connectivity index (χ2n) is 7.67. The van der Waals surface area contributed by atoms with E-state index >= 15 is 0 Å². The lowest BCUT2D eigenvalue weighted by Gasteiger charge is -2.25. The van der Waals surface area contributed by atoms with E-state index in [1.54, 1.807) is 13.3 Å². The molecule has 0 saturated heterocycles. The quantitative estimate of drug-likeness (QED) is 0.486. The van der Waals surface area contributed by atoms with Crippen molar-refractivity contribution in [3.63, 3.8) is 0 Å². The predicted octanol–water partition coefficient (Wildman–Crippen LogP) is 3.77.